The summed E-state index contributed by atoms with van der Waals surface area (Å²) in [4.78, 5) is 21.9. The Morgan fingerprint density at radius 2 is 1.93 bits per heavy atom. The molecule has 1 rings (SSSR count). The zero-order valence-electron chi connectivity index (χ0n) is 7.71. The maximum absolute atomic E-state index is 11.1. The van der Waals surface area contributed by atoms with Gasteiger partial charge in [0.2, 0.25) is 0 Å². The lowest BCUT2D eigenvalue weighted by Gasteiger charge is -2.08. The number of primary amides is 1. The van der Waals surface area contributed by atoms with Crippen LogP contribution in [-0.2, 0) is 4.79 Å². The first-order valence-corrected chi connectivity index (χ1v) is 5.47. The Balaban J connectivity index is 3.33. The molecule has 0 radical (unpaired) electrons. The van der Waals surface area contributed by atoms with Crippen molar-refractivity contribution in [3.63, 3.8) is 0 Å². The zero-order valence-corrected chi connectivity index (χ0v) is 10.9. The number of benzene rings is 1. The molecule has 0 atom stereocenters. The molecule has 2 N–H and O–H groups in total. The van der Waals surface area contributed by atoms with Gasteiger partial charge in [0, 0.05) is 11.4 Å². The molecule has 1 aromatic carbocycles. The Morgan fingerprint density at radius 1 is 1.33 bits per heavy atom. The number of hydrogen-bond acceptors (Lipinski definition) is 3. The predicted octanol–water partition coefficient (Wildman–Crippen LogP) is 2.24. The fourth-order valence-corrected chi connectivity index (χ4v) is 2.30. The van der Waals surface area contributed by atoms with Gasteiger partial charge in [0.1, 0.15) is 0 Å². The van der Waals surface area contributed by atoms with Gasteiger partial charge in [-0.15, -0.1) is 0 Å². The normalized spacial score (nSPS) is 9.80. The highest BCUT2D eigenvalue weighted by Crippen LogP contribution is 2.32. The minimum Gasteiger partial charge on any atom is -0.425 e. The smallest absolute Gasteiger partial charge is 0.308 e. The van der Waals surface area contributed by atoms with Gasteiger partial charge in [0.05, 0.1) is 10.0 Å². The van der Waals surface area contributed by atoms with Crippen molar-refractivity contribution in [2.75, 3.05) is 0 Å². The fourth-order valence-electron chi connectivity index (χ4n) is 0.991. The van der Waals surface area contributed by atoms with Gasteiger partial charge in [-0.25, -0.2) is 0 Å². The first kappa shape index (κ1) is 12.2. The number of rotatable bonds is 2. The largest absolute Gasteiger partial charge is 0.425 e. The Labute approximate surface area is 103 Å². The number of halogens is 2. The summed E-state index contributed by atoms with van der Waals surface area (Å²) in [6.07, 6.45) is 0. The average Bonchev–Trinajstić information content (AvgIpc) is 2.08. The second-order valence-electron chi connectivity index (χ2n) is 2.72. The first-order chi connectivity index (χ1) is 6.91. The Bertz CT molecular complexity index is 432. The molecule has 0 aromatic heterocycles. The van der Waals surface area contributed by atoms with Crippen LogP contribution >= 0.6 is 31.9 Å². The van der Waals surface area contributed by atoms with Crippen molar-refractivity contribution in [3.8, 4) is 5.75 Å². The molecule has 1 aromatic rings. The number of amides is 1. The van der Waals surface area contributed by atoms with E-state index in [1.165, 1.54) is 13.0 Å². The van der Waals surface area contributed by atoms with Crippen LogP contribution in [-0.4, -0.2) is 11.9 Å². The van der Waals surface area contributed by atoms with Crippen molar-refractivity contribution in [1.29, 1.82) is 0 Å². The quantitative estimate of drug-likeness (QED) is 0.665. The summed E-state index contributed by atoms with van der Waals surface area (Å²) < 4.78 is 6.04. The maximum atomic E-state index is 11.1. The van der Waals surface area contributed by atoms with E-state index in [4.69, 9.17) is 10.5 Å². The lowest BCUT2D eigenvalue weighted by Crippen LogP contribution is -2.15. The van der Waals surface area contributed by atoms with Gasteiger partial charge in [0.15, 0.2) is 5.75 Å². The third kappa shape index (κ3) is 3.04. The van der Waals surface area contributed by atoms with Gasteiger partial charge < -0.3 is 10.5 Å². The maximum Gasteiger partial charge on any atom is 0.308 e. The molecule has 0 aliphatic rings. The van der Waals surface area contributed by atoms with E-state index in [0.717, 1.165) is 0 Å². The van der Waals surface area contributed by atoms with Crippen LogP contribution in [0.3, 0.4) is 0 Å². The van der Waals surface area contributed by atoms with Crippen molar-refractivity contribution in [2.45, 2.75) is 6.92 Å². The Hall–Kier alpha value is -0.880. The number of carbonyl (C=O) groups excluding carboxylic acids is 2. The van der Waals surface area contributed by atoms with Crippen LogP contribution in [0.4, 0.5) is 0 Å². The molecule has 1 amide bonds. The van der Waals surface area contributed by atoms with E-state index in [1.54, 1.807) is 6.07 Å². The average molecular weight is 337 g/mol. The van der Waals surface area contributed by atoms with Gasteiger partial charge in [0.25, 0.3) is 5.91 Å². The SMILES string of the molecule is CC(=O)Oc1c(Br)cc(Br)cc1C(N)=O. The third-order valence-corrected chi connectivity index (χ3v) is 2.57. The molecule has 0 aliphatic heterocycles. The number of hydrogen-bond donors (Lipinski definition) is 1. The second-order valence-corrected chi connectivity index (χ2v) is 4.49. The van der Waals surface area contributed by atoms with E-state index in [9.17, 15) is 9.59 Å². The molecule has 80 valence electrons. The summed E-state index contributed by atoms with van der Waals surface area (Å²) in [5.74, 6) is -1.04. The van der Waals surface area contributed by atoms with E-state index < -0.39 is 11.9 Å². The molecular formula is C9H7Br2NO3. The van der Waals surface area contributed by atoms with E-state index in [1.807, 2.05) is 0 Å². The highest BCUT2D eigenvalue weighted by Gasteiger charge is 2.16. The van der Waals surface area contributed by atoms with Crippen LogP contribution in [0.15, 0.2) is 21.1 Å². The Kier molecular flexibility index (Phi) is 3.87. The van der Waals surface area contributed by atoms with E-state index in [-0.39, 0.29) is 11.3 Å². The molecule has 15 heavy (non-hydrogen) atoms. The van der Waals surface area contributed by atoms with Gasteiger partial charge in [-0.05, 0) is 28.1 Å². The van der Waals surface area contributed by atoms with Crippen LogP contribution in [0.25, 0.3) is 0 Å². The summed E-state index contributed by atoms with van der Waals surface area (Å²) in [6.45, 7) is 1.25. The zero-order chi connectivity index (χ0) is 11.6. The number of esters is 1. The molecule has 0 heterocycles. The number of ether oxygens (including phenoxy) is 1. The lowest BCUT2D eigenvalue weighted by molar-refractivity contribution is -0.131. The van der Waals surface area contributed by atoms with E-state index in [0.29, 0.717) is 8.95 Å². The topological polar surface area (TPSA) is 69.4 Å². The molecular weight excluding hydrogens is 330 g/mol. The molecule has 0 spiro atoms. The summed E-state index contributed by atoms with van der Waals surface area (Å²) in [5.41, 5.74) is 5.30. The summed E-state index contributed by atoms with van der Waals surface area (Å²) in [7, 11) is 0. The van der Waals surface area contributed by atoms with Gasteiger partial charge in [-0.1, -0.05) is 15.9 Å². The van der Waals surface area contributed by atoms with Gasteiger partial charge in [-0.3, -0.25) is 9.59 Å². The number of nitrogens with two attached hydrogens (primary N) is 1. The van der Waals surface area contributed by atoms with Crippen molar-refractivity contribution < 1.29 is 14.3 Å². The van der Waals surface area contributed by atoms with E-state index in [2.05, 4.69) is 31.9 Å². The summed E-state index contributed by atoms with van der Waals surface area (Å²) in [6, 6.07) is 3.15. The minimum absolute atomic E-state index is 0.137. The van der Waals surface area contributed by atoms with Gasteiger partial charge >= 0.3 is 5.97 Å². The van der Waals surface area contributed by atoms with Crippen molar-refractivity contribution in [2.24, 2.45) is 5.73 Å². The van der Waals surface area contributed by atoms with Crippen LogP contribution in [0.5, 0.6) is 5.75 Å². The molecule has 0 bridgehead atoms. The molecule has 0 saturated heterocycles. The predicted molar refractivity (Wildman–Crippen MR) is 61.7 cm³/mol. The number of carbonyl (C=O) groups is 2. The standard InChI is InChI=1S/C9H7Br2NO3/c1-4(13)15-8-6(9(12)14)2-5(10)3-7(8)11/h2-3H,1H3,(H2,12,14). The van der Waals surface area contributed by atoms with Crippen LogP contribution in [0.2, 0.25) is 0 Å². The van der Waals surface area contributed by atoms with Crippen molar-refractivity contribution in [3.05, 3.63) is 26.6 Å². The highest BCUT2D eigenvalue weighted by atomic mass is 79.9. The monoisotopic (exact) mass is 335 g/mol. The first-order valence-electron chi connectivity index (χ1n) is 3.89. The summed E-state index contributed by atoms with van der Waals surface area (Å²) >= 11 is 6.38. The fraction of sp³-hybridized carbons (Fsp3) is 0.111. The summed E-state index contributed by atoms with van der Waals surface area (Å²) in [5, 5.41) is 0. The van der Waals surface area contributed by atoms with Crippen molar-refractivity contribution in [1.82, 2.24) is 0 Å². The molecule has 6 heteroatoms. The van der Waals surface area contributed by atoms with Crippen molar-refractivity contribution >= 4 is 43.7 Å². The van der Waals surface area contributed by atoms with Crippen LogP contribution in [0.1, 0.15) is 17.3 Å². The Morgan fingerprint density at radius 3 is 2.40 bits per heavy atom. The lowest BCUT2D eigenvalue weighted by atomic mass is 10.2. The molecule has 0 saturated carbocycles. The molecule has 4 nitrogen and oxygen atoms in total. The molecule has 0 aliphatic carbocycles. The third-order valence-electron chi connectivity index (χ3n) is 1.52. The minimum atomic E-state index is -0.659. The van der Waals surface area contributed by atoms with Gasteiger partial charge in [-0.2, -0.15) is 0 Å². The van der Waals surface area contributed by atoms with Crippen LogP contribution in [0, 0.1) is 0 Å². The molecule has 0 fully saturated rings. The highest BCUT2D eigenvalue weighted by molar-refractivity contribution is 9.11. The van der Waals surface area contributed by atoms with E-state index >= 15 is 0 Å². The van der Waals surface area contributed by atoms with Crippen LogP contribution < -0.4 is 10.5 Å². The molecule has 0 unspecified atom stereocenters. The second kappa shape index (κ2) is 4.76.